The molecule has 1 rings (SSSR count). The second-order valence-electron chi connectivity index (χ2n) is 2.95. The van der Waals surface area contributed by atoms with E-state index in [1.165, 1.54) is 5.56 Å². The summed E-state index contributed by atoms with van der Waals surface area (Å²) in [6.45, 7) is 2.24. The van der Waals surface area contributed by atoms with Crippen LogP contribution in [-0.4, -0.2) is 30.2 Å². The van der Waals surface area contributed by atoms with E-state index in [2.05, 4.69) is 28.8 Å². The van der Waals surface area contributed by atoms with Crippen LogP contribution in [0.15, 0.2) is 16.8 Å². The van der Waals surface area contributed by atoms with Gasteiger partial charge in [-0.2, -0.15) is 11.3 Å². The summed E-state index contributed by atoms with van der Waals surface area (Å²) in [5, 5.41) is 12.9. The van der Waals surface area contributed by atoms with Crippen molar-refractivity contribution in [2.75, 3.05) is 20.2 Å². The van der Waals surface area contributed by atoms with Crippen LogP contribution in [0, 0.1) is 0 Å². The lowest BCUT2D eigenvalue weighted by Crippen LogP contribution is -2.19. The number of thiophene rings is 1. The Labute approximate surface area is 77.5 Å². The zero-order valence-corrected chi connectivity index (χ0v) is 8.18. The van der Waals surface area contributed by atoms with Crippen LogP contribution in [-0.2, 0) is 6.54 Å². The summed E-state index contributed by atoms with van der Waals surface area (Å²) >= 11 is 1.73. The molecule has 0 unspecified atom stereocenters. The number of rotatable bonds is 5. The summed E-state index contributed by atoms with van der Waals surface area (Å²) in [5.74, 6) is 0. The fourth-order valence-electron chi connectivity index (χ4n) is 1.11. The van der Waals surface area contributed by atoms with Crippen molar-refractivity contribution >= 4 is 11.3 Å². The number of hydrogen-bond donors (Lipinski definition) is 1. The van der Waals surface area contributed by atoms with Crippen molar-refractivity contribution in [3.05, 3.63) is 22.4 Å². The Kier molecular flexibility index (Phi) is 4.29. The monoisotopic (exact) mass is 185 g/mol. The zero-order chi connectivity index (χ0) is 8.81. The molecular formula is C9H15NOS. The van der Waals surface area contributed by atoms with Gasteiger partial charge in [-0.1, -0.05) is 0 Å². The Bertz CT molecular complexity index is 198. The van der Waals surface area contributed by atoms with Crippen LogP contribution in [0.3, 0.4) is 0 Å². The first-order valence-electron chi connectivity index (χ1n) is 4.13. The molecule has 0 fully saturated rings. The van der Waals surface area contributed by atoms with Crippen LogP contribution >= 0.6 is 11.3 Å². The second kappa shape index (κ2) is 5.30. The van der Waals surface area contributed by atoms with E-state index in [0.717, 1.165) is 19.5 Å². The summed E-state index contributed by atoms with van der Waals surface area (Å²) in [7, 11) is 2.08. The van der Waals surface area contributed by atoms with Gasteiger partial charge in [-0.15, -0.1) is 0 Å². The van der Waals surface area contributed by atoms with Gasteiger partial charge >= 0.3 is 0 Å². The maximum Gasteiger partial charge on any atom is 0.0443 e. The molecule has 0 amide bonds. The third kappa shape index (κ3) is 3.34. The predicted molar refractivity (Wildman–Crippen MR) is 52.4 cm³/mol. The maximum atomic E-state index is 8.62. The van der Waals surface area contributed by atoms with Gasteiger partial charge in [0, 0.05) is 19.7 Å². The van der Waals surface area contributed by atoms with Crippen molar-refractivity contribution in [3.8, 4) is 0 Å². The minimum atomic E-state index is 0.286. The number of aliphatic hydroxyl groups is 1. The lowest BCUT2D eigenvalue weighted by molar-refractivity contribution is 0.244. The quantitative estimate of drug-likeness (QED) is 0.752. The molecule has 0 spiro atoms. The summed E-state index contributed by atoms with van der Waals surface area (Å²) in [5.41, 5.74) is 1.36. The Morgan fingerprint density at radius 1 is 1.58 bits per heavy atom. The Balaban J connectivity index is 2.22. The minimum absolute atomic E-state index is 0.286. The van der Waals surface area contributed by atoms with Crippen molar-refractivity contribution in [2.24, 2.45) is 0 Å². The van der Waals surface area contributed by atoms with Crippen molar-refractivity contribution < 1.29 is 5.11 Å². The first-order chi connectivity index (χ1) is 5.83. The number of aliphatic hydroxyl groups excluding tert-OH is 1. The lowest BCUT2D eigenvalue weighted by atomic mass is 10.3. The van der Waals surface area contributed by atoms with Gasteiger partial charge in [-0.3, -0.25) is 0 Å². The highest BCUT2D eigenvalue weighted by Gasteiger charge is 1.98. The van der Waals surface area contributed by atoms with Crippen LogP contribution in [0.4, 0.5) is 0 Å². The summed E-state index contributed by atoms with van der Waals surface area (Å²) in [6, 6.07) is 2.14. The summed E-state index contributed by atoms with van der Waals surface area (Å²) < 4.78 is 0. The summed E-state index contributed by atoms with van der Waals surface area (Å²) in [6.07, 6.45) is 0.862. The Morgan fingerprint density at radius 3 is 3.00 bits per heavy atom. The van der Waals surface area contributed by atoms with Gasteiger partial charge in [0.15, 0.2) is 0 Å². The summed E-state index contributed by atoms with van der Waals surface area (Å²) in [4.78, 5) is 2.22. The molecule has 0 saturated heterocycles. The highest BCUT2D eigenvalue weighted by molar-refractivity contribution is 7.07. The Morgan fingerprint density at radius 2 is 2.42 bits per heavy atom. The van der Waals surface area contributed by atoms with Gasteiger partial charge in [0.25, 0.3) is 0 Å². The van der Waals surface area contributed by atoms with Gasteiger partial charge in [-0.25, -0.2) is 0 Å². The normalized spacial score (nSPS) is 10.9. The van der Waals surface area contributed by atoms with Crippen molar-refractivity contribution in [3.63, 3.8) is 0 Å². The molecule has 1 N–H and O–H groups in total. The minimum Gasteiger partial charge on any atom is -0.396 e. The first kappa shape index (κ1) is 9.71. The molecule has 0 aliphatic rings. The predicted octanol–water partition coefficient (Wildman–Crippen LogP) is 1.56. The SMILES string of the molecule is CN(CCCO)Cc1ccsc1. The molecule has 1 aromatic heterocycles. The average molecular weight is 185 g/mol. The Hall–Kier alpha value is -0.380. The fourth-order valence-corrected chi connectivity index (χ4v) is 1.77. The fraction of sp³-hybridized carbons (Fsp3) is 0.556. The molecule has 1 aromatic rings. The smallest absolute Gasteiger partial charge is 0.0443 e. The van der Waals surface area contributed by atoms with Crippen LogP contribution in [0.25, 0.3) is 0 Å². The second-order valence-corrected chi connectivity index (χ2v) is 3.73. The standard InChI is InChI=1S/C9H15NOS/c1-10(4-2-5-11)7-9-3-6-12-8-9/h3,6,8,11H,2,4-5,7H2,1H3. The van der Waals surface area contributed by atoms with Crippen LogP contribution in [0.2, 0.25) is 0 Å². The molecule has 0 aliphatic heterocycles. The zero-order valence-electron chi connectivity index (χ0n) is 7.36. The molecule has 1 heterocycles. The van der Waals surface area contributed by atoms with E-state index in [9.17, 15) is 0 Å². The van der Waals surface area contributed by atoms with E-state index < -0.39 is 0 Å². The molecule has 0 saturated carbocycles. The lowest BCUT2D eigenvalue weighted by Gasteiger charge is -2.14. The van der Waals surface area contributed by atoms with Gasteiger partial charge in [-0.05, 0) is 35.9 Å². The maximum absolute atomic E-state index is 8.62. The van der Waals surface area contributed by atoms with E-state index in [0.29, 0.717) is 0 Å². The molecular weight excluding hydrogens is 170 g/mol. The molecule has 0 bridgehead atoms. The van der Waals surface area contributed by atoms with Crippen molar-refractivity contribution in [1.82, 2.24) is 4.90 Å². The molecule has 0 radical (unpaired) electrons. The highest BCUT2D eigenvalue weighted by Crippen LogP contribution is 2.08. The van der Waals surface area contributed by atoms with Gasteiger partial charge < -0.3 is 10.0 Å². The largest absolute Gasteiger partial charge is 0.396 e. The average Bonchev–Trinajstić information content (AvgIpc) is 2.53. The van der Waals surface area contributed by atoms with E-state index in [-0.39, 0.29) is 6.61 Å². The molecule has 0 atom stereocenters. The van der Waals surface area contributed by atoms with Gasteiger partial charge in [0.05, 0.1) is 0 Å². The van der Waals surface area contributed by atoms with E-state index >= 15 is 0 Å². The van der Waals surface area contributed by atoms with Gasteiger partial charge in [0.1, 0.15) is 0 Å². The third-order valence-electron chi connectivity index (χ3n) is 1.73. The molecule has 12 heavy (non-hydrogen) atoms. The van der Waals surface area contributed by atoms with E-state index in [4.69, 9.17) is 5.11 Å². The topological polar surface area (TPSA) is 23.5 Å². The van der Waals surface area contributed by atoms with Crippen LogP contribution in [0.5, 0.6) is 0 Å². The van der Waals surface area contributed by atoms with Crippen molar-refractivity contribution in [1.29, 1.82) is 0 Å². The van der Waals surface area contributed by atoms with Gasteiger partial charge in [0.2, 0.25) is 0 Å². The molecule has 3 heteroatoms. The first-order valence-corrected chi connectivity index (χ1v) is 5.07. The van der Waals surface area contributed by atoms with Crippen LogP contribution in [0.1, 0.15) is 12.0 Å². The third-order valence-corrected chi connectivity index (χ3v) is 2.46. The molecule has 68 valence electrons. The number of nitrogens with zero attached hydrogens (tertiary/aromatic N) is 1. The highest BCUT2D eigenvalue weighted by atomic mass is 32.1. The molecule has 0 aromatic carbocycles. The van der Waals surface area contributed by atoms with E-state index in [1.807, 2.05) is 0 Å². The van der Waals surface area contributed by atoms with Crippen molar-refractivity contribution in [2.45, 2.75) is 13.0 Å². The van der Waals surface area contributed by atoms with E-state index in [1.54, 1.807) is 11.3 Å². The van der Waals surface area contributed by atoms with Crippen LogP contribution < -0.4 is 0 Å². The number of hydrogen-bond acceptors (Lipinski definition) is 3. The molecule has 2 nitrogen and oxygen atoms in total. The molecule has 0 aliphatic carbocycles.